The van der Waals surface area contributed by atoms with E-state index < -0.39 is 0 Å². The lowest BCUT2D eigenvalue weighted by Gasteiger charge is -2.06. The van der Waals surface area contributed by atoms with Gasteiger partial charge in [0.15, 0.2) is 0 Å². The molecule has 0 saturated heterocycles. The lowest BCUT2D eigenvalue weighted by molar-refractivity contribution is -0.116. The van der Waals surface area contributed by atoms with Crippen LogP contribution in [-0.4, -0.2) is 15.7 Å². The molecule has 0 saturated carbocycles. The fourth-order valence-electron chi connectivity index (χ4n) is 2.07. The predicted octanol–water partition coefficient (Wildman–Crippen LogP) is 3.15. The number of benzene rings is 1. The zero-order chi connectivity index (χ0) is 15.4. The Kier molecular flexibility index (Phi) is 4.85. The first-order valence-corrected chi connectivity index (χ1v) is 7.20. The van der Waals surface area contributed by atoms with E-state index in [9.17, 15) is 4.79 Å². The third kappa shape index (κ3) is 3.98. The molecule has 1 heterocycles. The molecule has 21 heavy (non-hydrogen) atoms. The average Bonchev–Trinajstić information content (AvgIpc) is 2.69. The van der Waals surface area contributed by atoms with Crippen molar-refractivity contribution < 1.29 is 4.79 Å². The minimum Gasteiger partial charge on any atom is -0.399 e. The van der Waals surface area contributed by atoms with Crippen molar-refractivity contribution in [3.63, 3.8) is 0 Å². The Balaban J connectivity index is 1.81. The van der Waals surface area contributed by atoms with E-state index in [0.717, 1.165) is 17.1 Å². The van der Waals surface area contributed by atoms with Crippen LogP contribution in [0.15, 0.2) is 24.3 Å². The second-order valence-corrected chi connectivity index (χ2v) is 5.36. The Labute approximate surface area is 129 Å². The maximum absolute atomic E-state index is 11.8. The van der Waals surface area contributed by atoms with Gasteiger partial charge in [-0.3, -0.25) is 9.48 Å². The summed E-state index contributed by atoms with van der Waals surface area (Å²) < 4.78 is 1.84. The molecule has 112 valence electrons. The standard InChI is InChI=1S/C15H19ClN4O/c1-10-15(16)11(2)20(19-10)9-3-4-14(21)18-13-7-5-12(17)6-8-13/h5-8H,3-4,9,17H2,1-2H3,(H,18,21). The molecule has 1 aromatic heterocycles. The summed E-state index contributed by atoms with van der Waals surface area (Å²) in [5, 5.41) is 7.87. The van der Waals surface area contributed by atoms with Gasteiger partial charge in [0.2, 0.25) is 5.91 Å². The van der Waals surface area contributed by atoms with Crippen LogP contribution in [0.25, 0.3) is 0 Å². The number of carbonyl (C=O) groups excluding carboxylic acids is 1. The number of nitrogens with one attached hydrogen (secondary N) is 1. The van der Waals surface area contributed by atoms with Crippen LogP contribution >= 0.6 is 11.6 Å². The van der Waals surface area contributed by atoms with E-state index in [4.69, 9.17) is 17.3 Å². The molecular weight excluding hydrogens is 288 g/mol. The van der Waals surface area contributed by atoms with E-state index in [1.807, 2.05) is 18.5 Å². The van der Waals surface area contributed by atoms with Gasteiger partial charge < -0.3 is 11.1 Å². The Morgan fingerprint density at radius 2 is 2.00 bits per heavy atom. The van der Waals surface area contributed by atoms with Crippen molar-refractivity contribution in [2.24, 2.45) is 0 Å². The van der Waals surface area contributed by atoms with Gasteiger partial charge in [0.1, 0.15) is 0 Å². The molecule has 2 aromatic rings. The molecule has 5 nitrogen and oxygen atoms in total. The molecule has 0 unspecified atom stereocenters. The number of hydrogen-bond acceptors (Lipinski definition) is 3. The highest BCUT2D eigenvalue weighted by atomic mass is 35.5. The van der Waals surface area contributed by atoms with E-state index in [1.54, 1.807) is 24.3 Å². The van der Waals surface area contributed by atoms with Gasteiger partial charge >= 0.3 is 0 Å². The topological polar surface area (TPSA) is 72.9 Å². The van der Waals surface area contributed by atoms with Crippen molar-refractivity contribution in [2.75, 3.05) is 11.1 Å². The third-order valence-corrected chi connectivity index (χ3v) is 3.81. The molecule has 2 rings (SSSR count). The molecule has 0 radical (unpaired) electrons. The van der Waals surface area contributed by atoms with Crippen LogP contribution in [0.5, 0.6) is 0 Å². The summed E-state index contributed by atoms with van der Waals surface area (Å²) in [6.45, 7) is 4.48. The highest BCUT2D eigenvalue weighted by Gasteiger charge is 2.09. The Morgan fingerprint density at radius 3 is 2.57 bits per heavy atom. The van der Waals surface area contributed by atoms with Crippen LogP contribution in [-0.2, 0) is 11.3 Å². The summed E-state index contributed by atoms with van der Waals surface area (Å²) in [5.74, 6) is -0.0209. The van der Waals surface area contributed by atoms with Crippen LogP contribution in [0.4, 0.5) is 11.4 Å². The van der Waals surface area contributed by atoms with Crippen LogP contribution < -0.4 is 11.1 Å². The number of rotatable bonds is 5. The Bertz CT molecular complexity index is 634. The van der Waals surface area contributed by atoms with Gasteiger partial charge in [-0.1, -0.05) is 11.6 Å². The van der Waals surface area contributed by atoms with Crippen molar-refractivity contribution in [2.45, 2.75) is 33.2 Å². The number of aromatic nitrogens is 2. The van der Waals surface area contributed by atoms with Gasteiger partial charge in [0.05, 0.1) is 16.4 Å². The number of aryl methyl sites for hydroxylation is 2. The number of carbonyl (C=O) groups is 1. The fraction of sp³-hybridized carbons (Fsp3) is 0.333. The largest absolute Gasteiger partial charge is 0.399 e. The summed E-state index contributed by atoms with van der Waals surface area (Å²) in [6.07, 6.45) is 1.14. The van der Waals surface area contributed by atoms with Crippen LogP contribution in [0.2, 0.25) is 5.02 Å². The number of nitrogens with two attached hydrogens (primary N) is 1. The van der Waals surface area contributed by atoms with Crippen molar-refractivity contribution in [3.05, 3.63) is 40.7 Å². The van der Waals surface area contributed by atoms with E-state index in [-0.39, 0.29) is 5.91 Å². The zero-order valence-corrected chi connectivity index (χ0v) is 12.9. The quantitative estimate of drug-likeness (QED) is 0.833. The van der Waals surface area contributed by atoms with Crippen LogP contribution in [0.1, 0.15) is 24.2 Å². The second-order valence-electron chi connectivity index (χ2n) is 4.98. The SMILES string of the molecule is Cc1nn(CCCC(=O)Nc2ccc(N)cc2)c(C)c1Cl. The van der Waals surface area contributed by atoms with E-state index in [0.29, 0.717) is 30.1 Å². The van der Waals surface area contributed by atoms with E-state index in [2.05, 4.69) is 10.4 Å². The number of hydrogen-bond donors (Lipinski definition) is 2. The lowest BCUT2D eigenvalue weighted by Crippen LogP contribution is -2.13. The van der Waals surface area contributed by atoms with Crippen LogP contribution in [0, 0.1) is 13.8 Å². The molecule has 0 aliphatic rings. The molecule has 1 amide bonds. The highest BCUT2D eigenvalue weighted by molar-refractivity contribution is 6.31. The molecule has 0 spiro atoms. The van der Waals surface area contributed by atoms with Crippen LogP contribution in [0.3, 0.4) is 0 Å². The molecule has 0 aliphatic heterocycles. The van der Waals surface area contributed by atoms with Gasteiger partial charge in [-0.2, -0.15) is 5.10 Å². The molecule has 1 aromatic carbocycles. The first kappa shape index (κ1) is 15.4. The molecule has 0 aliphatic carbocycles. The van der Waals surface area contributed by atoms with Gasteiger partial charge in [-0.15, -0.1) is 0 Å². The van der Waals surface area contributed by atoms with E-state index >= 15 is 0 Å². The Hall–Kier alpha value is -2.01. The smallest absolute Gasteiger partial charge is 0.224 e. The number of amides is 1. The molecule has 6 heteroatoms. The van der Waals surface area contributed by atoms with E-state index in [1.165, 1.54) is 0 Å². The molecule has 0 atom stereocenters. The summed E-state index contributed by atoms with van der Waals surface area (Å²) >= 11 is 6.09. The van der Waals surface area contributed by atoms with Crippen molar-refractivity contribution in [1.82, 2.24) is 9.78 Å². The summed E-state index contributed by atoms with van der Waals surface area (Å²) in [6, 6.07) is 7.09. The number of anilines is 2. The fourth-order valence-corrected chi connectivity index (χ4v) is 2.21. The lowest BCUT2D eigenvalue weighted by atomic mass is 10.2. The molecule has 0 bridgehead atoms. The average molecular weight is 307 g/mol. The van der Waals surface area contributed by atoms with Gasteiger partial charge in [-0.25, -0.2) is 0 Å². The summed E-state index contributed by atoms with van der Waals surface area (Å²) in [4.78, 5) is 11.8. The zero-order valence-electron chi connectivity index (χ0n) is 12.2. The summed E-state index contributed by atoms with van der Waals surface area (Å²) in [7, 11) is 0. The maximum Gasteiger partial charge on any atom is 0.224 e. The van der Waals surface area contributed by atoms with Gasteiger partial charge in [0, 0.05) is 24.3 Å². The maximum atomic E-state index is 11.8. The Morgan fingerprint density at radius 1 is 1.33 bits per heavy atom. The normalized spacial score (nSPS) is 10.6. The second kappa shape index (κ2) is 6.63. The number of nitrogen functional groups attached to an aromatic ring is 1. The summed E-state index contributed by atoms with van der Waals surface area (Å²) in [5.41, 5.74) is 8.78. The minimum atomic E-state index is -0.0209. The van der Waals surface area contributed by atoms with Crippen molar-refractivity contribution in [1.29, 1.82) is 0 Å². The van der Waals surface area contributed by atoms with Gasteiger partial charge in [-0.05, 0) is 44.5 Å². The molecular formula is C15H19ClN4O. The predicted molar refractivity (Wildman–Crippen MR) is 85.4 cm³/mol. The third-order valence-electron chi connectivity index (χ3n) is 3.26. The number of nitrogens with zero attached hydrogens (tertiary/aromatic N) is 2. The number of halogens is 1. The van der Waals surface area contributed by atoms with Gasteiger partial charge in [0.25, 0.3) is 0 Å². The molecule has 3 N–H and O–H groups in total. The monoisotopic (exact) mass is 306 g/mol. The first-order valence-electron chi connectivity index (χ1n) is 6.82. The first-order chi connectivity index (χ1) is 9.97. The van der Waals surface area contributed by atoms with Crippen molar-refractivity contribution in [3.8, 4) is 0 Å². The van der Waals surface area contributed by atoms with Crippen molar-refractivity contribution >= 4 is 28.9 Å². The highest BCUT2D eigenvalue weighted by Crippen LogP contribution is 2.19. The minimum absolute atomic E-state index is 0.0209. The molecule has 0 fully saturated rings.